The van der Waals surface area contributed by atoms with Crippen molar-refractivity contribution in [3.63, 3.8) is 0 Å². The summed E-state index contributed by atoms with van der Waals surface area (Å²) < 4.78 is 0.921. The van der Waals surface area contributed by atoms with Crippen molar-refractivity contribution in [2.24, 2.45) is 5.73 Å². The molecule has 1 saturated heterocycles. The lowest BCUT2D eigenvalue weighted by atomic mass is 9.92. The Hall–Kier alpha value is -1.11. The summed E-state index contributed by atoms with van der Waals surface area (Å²) in [6.07, 6.45) is 3.18. The zero-order chi connectivity index (χ0) is 17.9. The highest BCUT2D eigenvalue weighted by Crippen LogP contribution is 2.21. The number of piperidine rings is 1. The summed E-state index contributed by atoms with van der Waals surface area (Å²) in [7, 11) is 0. The third-order valence-corrected chi connectivity index (χ3v) is 5.25. The van der Waals surface area contributed by atoms with E-state index in [2.05, 4.69) is 28.2 Å². The van der Waals surface area contributed by atoms with Crippen LogP contribution in [0.2, 0.25) is 0 Å². The second kappa shape index (κ2) is 9.01. The maximum Gasteiger partial charge on any atom is 0.245 e. The molecule has 1 heterocycles. The van der Waals surface area contributed by atoms with Gasteiger partial charge in [-0.1, -0.05) is 28.1 Å². The standard InChI is InChI=1S/C18H26BrN3O2.ClH/c1-12-6-4-5-11-22(12)16(23)13(2)21-17(24)18(3,20)14-7-9-15(19)10-8-14;/h7-10,12-13H,4-6,11,20H2,1-3H3,(H,21,24);1H. The number of likely N-dealkylation sites (tertiary alicyclic amines) is 1. The van der Waals surface area contributed by atoms with E-state index in [0.717, 1.165) is 30.3 Å². The molecule has 25 heavy (non-hydrogen) atoms. The van der Waals surface area contributed by atoms with E-state index in [1.54, 1.807) is 13.8 Å². The summed E-state index contributed by atoms with van der Waals surface area (Å²) >= 11 is 3.37. The first kappa shape index (κ1) is 21.9. The van der Waals surface area contributed by atoms with Crippen molar-refractivity contribution >= 4 is 40.2 Å². The van der Waals surface area contributed by atoms with Gasteiger partial charge in [-0.15, -0.1) is 12.4 Å². The van der Waals surface area contributed by atoms with Gasteiger partial charge < -0.3 is 16.0 Å². The molecular weight excluding hydrogens is 406 g/mol. The molecule has 140 valence electrons. The molecule has 1 aliphatic rings. The Labute approximate surface area is 164 Å². The molecule has 0 aliphatic carbocycles. The molecule has 2 amide bonds. The zero-order valence-corrected chi connectivity index (χ0v) is 17.3. The molecule has 5 nitrogen and oxygen atoms in total. The largest absolute Gasteiger partial charge is 0.343 e. The van der Waals surface area contributed by atoms with Crippen LogP contribution in [0.4, 0.5) is 0 Å². The summed E-state index contributed by atoms with van der Waals surface area (Å²) in [5, 5.41) is 2.78. The number of carbonyl (C=O) groups is 2. The van der Waals surface area contributed by atoms with Crippen LogP contribution in [0.15, 0.2) is 28.7 Å². The second-order valence-electron chi connectivity index (χ2n) is 6.78. The lowest BCUT2D eigenvalue weighted by molar-refractivity contribution is -0.139. The Morgan fingerprint density at radius 2 is 1.92 bits per heavy atom. The van der Waals surface area contributed by atoms with Gasteiger partial charge in [0, 0.05) is 17.1 Å². The van der Waals surface area contributed by atoms with Crippen molar-refractivity contribution in [1.29, 1.82) is 0 Å². The number of nitrogens with one attached hydrogen (secondary N) is 1. The Balaban J connectivity index is 0.00000312. The fourth-order valence-electron chi connectivity index (χ4n) is 3.01. The normalized spacial score (nSPS) is 20.8. The van der Waals surface area contributed by atoms with Gasteiger partial charge in [-0.25, -0.2) is 0 Å². The Bertz CT molecular complexity index is 607. The molecule has 0 spiro atoms. The van der Waals surface area contributed by atoms with Crippen LogP contribution >= 0.6 is 28.3 Å². The molecule has 3 atom stereocenters. The highest BCUT2D eigenvalue weighted by molar-refractivity contribution is 9.10. The van der Waals surface area contributed by atoms with Crippen molar-refractivity contribution in [1.82, 2.24) is 10.2 Å². The van der Waals surface area contributed by atoms with E-state index >= 15 is 0 Å². The summed E-state index contributed by atoms with van der Waals surface area (Å²) in [5.74, 6) is -0.391. The molecule has 1 aliphatic heterocycles. The number of hydrogen-bond acceptors (Lipinski definition) is 3. The quantitative estimate of drug-likeness (QED) is 0.768. The monoisotopic (exact) mass is 431 g/mol. The van der Waals surface area contributed by atoms with Crippen LogP contribution in [-0.4, -0.2) is 35.3 Å². The van der Waals surface area contributed by atoms with Gasteiger partial charge in [0.25, 0.3) is 0 Å². The van der Waals surface area contributed by atoms with Gasteiger partial charge in [-0.3, -0.25) is 9.59 Å². The molecule has 0 saturated carbocycles. The highest BCUT2D eigenvalue weighted by Gasteiger charge is 2.34. The Morgan fingerprint density at radius 1 is 1.32 bits per heavy atom. The fraction of sp³-hybridized carbons (Fsp3) is 0.556. The number of nitrogens with zero attached hydrogens (tertiary/aromatic N) is 1. The van der Waals surface area contributed by atoms with E-state index in [4.69, 9.17) is 5.73 Å². The van der Waals surface area contributed by atoms with E-state index in [0.29, 0.717) is 5.56 Å². The molecule has 0 aromatic heterocycles. The Morgan fingerprint density at radius 3 is 2.48 bits per heavy atom. The predicted molar refractivity (Wildman–Crippen MR) is 106 cm³/mol. The van der Waals surface area contributed by atoms with Crippen LogP contribution in [0.3, 0.4) is 0 Å². The first-order valence-corrected chi connectivity index (χ1v) is 9.19. The van der Waals surface area contributed by atoms with E-state index in [1.165, 1.54) is 0 Å². The summed E-state index contributed by atoms with van der Waals surface area (Å²) in [6.45, 7) is 6.19. The van der Waals surface area contributed by atoms with Crippen LogP contribution in [0.1, 0.15) is 45.6 Å². The molecule has 7 heteroatoms. The molecule has 0 radical (unpaired) electrons. The van der Waals surface area contributed by atoms with E-state index in [9.17, 15) is 9.59 Å². The number of rotatable bonds is 4. The van der Waals surface area contributed by atoms with Gasteiger partial charge in [0.2, 0.25) is 11.8 Å². The van der Waals surface area contributed by atoms with Crippen LogP contribution in [0.25, 0.3) is 0 Å². The van der Waals surface area contributed by atoms with Gasteiger partial charge in [-0.2, -0.15) is 0 Å². The number of benzene rings is 1. The van der Waals surface area contributed by atoms with Gasteiger partial charge >= 0.3 is 0 Å². The topological polar surface area (TPSA) is 75.4 Å². The second-order valence-corrected chi connectivity index (χ2v) is 7.70. The summed E-state index contributed by atoms with van der Waals surface area (Å²) in [6, 6.07) is 6.94. The van der Waals surface area contributed by atoms with Crippen LogP contribution < -0.4 is 11.1 Å². The van der Waals surface area contributed by atoms with Crippen molar-refractivity contribution in [3.8, 4) is 0 Å². The van der Waals surface area contributed by atoms with Gasteiger partial charge in [-0.05, 0) is 57.7 Å². The number of amides is 2. The van der Waals surface area contributed by atoms with Gasteiger partial charge in [0.05, 0.1) is 0 Å². The number of halogens is 2. The maximum absolute atomic E-state index is 12.6. The SMILES string of the molecule is CC(NC(=O)C(C)(N)c1ccc(Br)cc1)C(=O)N1CCCCC1C.Cl. The van der Waals surface area contributed by atoms with Gasteiger partial charge in [0.15, 0.2) is 0 Å². The van der Waals surface area contributed by atoms with E-state index in [-0.39, 0.29) is 30.3 Å². The predicted octanol–water partition coefficient (Wildman–Crippen LogP) is 2.95. The minimum atomic E-state index is -1.19. The zero-order valence-electron chi connectivity index (χ0n) is 14.9. The average Bonchev–Trinajstić information content (AvgIpc) is 2.55. The molecule has 3 N–H and O–H groups in total. The molecule has 2 rings (SSSR count). The molecule has 1 aromatic rings. The first-order chi connectivity index (χ1) is 11.2. The minimum absolute atomic E-state index is 0. The summed E-state index contributed by atoms with van der Waals surface area (Å²) in [5.41, 5.74) is 5.74. The number of hydrogen-bond donors (Lipinski definition) is 2. The maximum atomic E-state index is 12.6. The third-order valence-electron chi connectivity index (χ3n) is 4.72. The van der Waals surface area contributed by atoms with Crippen molar-refractivity contribution < 1.29 is 9.59 Å². The highest BCUT2D eigenvalue weighted by atomic mass is 79.9. The van der Waals surface area contributed by atoms with Crippen LogP contribution in [-0.2, 0) is 15.1 Å². The molecule has 3 unspecified atom stereocenters. The van der Waals surface area contributed by atoms with Crippen molar-refractivity contribution in [3.05, 3.63) is 34.3 Å². The number of carbonyl (C=O) groups excluding carboxylic acids is 2. The lowest BCUT2D eigenvalue weighted by Gasteiger charge is -2.36. The van der Waals surface area contributed by atoms with Crippen LogP contribution in [0.5, 0.6) is 0 Å². The van der Waals surface area contributed by atoms with E-state index < -0.39 is 11.6 Å². The summed E-state index contributed by atoms with van der Waals surface area (Å²) in [4.78, 5) is 27.1. The smallest absolute Gasteiger partial charge is 0.245 e. The molecular formula is C18H27BrClN3O2. The fourth-order valence-corrected chi connectivity index (χ4v) is 3.27. The lowest BCUT2D eigenvalue weighted by Crippen LogP contribution is -2.56. The third kappa shape index (κ3) is 5.19. The van der Waals surface area contributed by atoms with Crippen molar-refractivity contribution in [2.75, 3.05) is 6.54 Å². The molecule has 1 fully saturated rings. The number of nitrogens with two attached hydrogens (primary N) is 1. The minimum Gasteiger partial charge on any atom is -0.343 e. The van der Waals surface area contributed by atoms with E-state index in [1.807, 2.05) is 29.2 Å². The Kier molecular flexibility index (Phi) is 7.90. The first-order valence-electron chi connectivity index (χ1n) is 8.40. The molecule has 1 aromatic carbocycles. The molecule has 0 bridgehead atoms. The van der Waals surface area contributed by atoms with Crippen LogP contribution in [0, 0.1) is 0 Å². The van der Waals surface area contributed by atoms with Gasteiger partial charge in [0.1, 0.15) is 11.6 Å². The average molecular weight is 433 g/mol. The van der Waals surface area contributed by atoms with Crippen molar-refractivity contribution in [2.45, 2.75) is 57.7 Å².